The zero-order valence-corrected chi connectivity index (χ0v) is 10.7. The molecule has 89 valence electrons. The van der Waals surface area contributed by atoms with Crippen molar-refractivity contribution in [2.24, 2.45) is 0 Å². The van der Waals surface area contributed by atoms with Crippen LogP contribution in [0.5, 0.6) is 5.75 Å². The maximum atomic E-state index is 13.8. The zero-order valence-electron chi connectivity index (χ0n) is 9.11. The summed E-state index contributed by atoms with van der Waals surface area (Å²) < 4.78 is 14.5. The Morgan fingerprint density at radius 1 is 1.06 bits per heavy atom. The molecule has 18 heavy (non-hydrogen) atoms. The summed E-state index contributed by atoms with van der Waals surface area (Å²) in [5.74, 6) is -0.481. The molecular formula is C14H7ClFOS. The lowest BCUT2D eigenvalue weighted by Crippen LogP contribution is -1.81. The molecule has 3 aromatic rings. The van der Waals surface area contributed by atoms with Crippen molar-refractivity contribution in [2.75, 3.05) is 0 Å². The maximum Gasteiger partial charge on any atom is 0.198 e. The fourth-order valence-electron chi connectivity index (χ4n) is 1.93. The van der Waals surface area contributed by atoms with E-state index in [2.05, 4.69) is 0 Å². The molecule has 0 unspecified atom stereocenters. The Balaban J connectivity index is 2.32. The highest BCUT2D eigenvalue weighted by Crippen LogP contribution is 2.42. The van der Waals surface area contributed by atoms with Gasteiger partial charge in [-0.1, -0.05) is 29.8 Å². The Hall–Kier alpha value is -1.58. The lowest BCUT2D eigenvalue weighted by atomic mass is 10.0. The van der Waals surface area contributed by atoms with Crippen LogP contribution in [0, 0.1) is 5.82 Å². The van der Waals surface area contributed by atoms with Crippen molar-refractivity contribution in [3.63, 3.8) is 0 Å². The molecule has 0 aliphatic rings. The fourth-order valence-corrected chi connectivity index (χ4v) is 3.23. The van der Waals surface area contributed by atoms with Crippen LogP contribution in [0.4, 0.5) is 4.39 Å². The van der Waals surface area contributed by atoms with Gasteiger partial charge in [0, 0.05) is 16.5 Å². The number of rotatable bonds is 1. The number of hydrogen-bond donors (Lipinski definition) is 0. The molecule has 0 fully saturated rings. The third-order valence-corrected chi connectivity index (χ3v) is 4.31. The van der Waals surface area contributed by atoms with Gasteiger partial charge in [-0.3, -0.25) is 5.11 Å². The van der Waals surface area contributed by atoms with Gasteiger partial charge in [-0.2, -0.15) is 0 Å². The first-order chi connectivity index (χ1) is 8.68. The third kappa shape index (κ3) is 1.67. The Labute approximate surface area is 112 Å². The Morgan fingerprint density at radius 2 is 1.83 bits per heavy atom. The average Bonchev–Trinajstić information content (AvgIpc) is 2.79. The summed E-state index contributed by atoms with van der Waals surface area (Å²) in [4.78, 5) is 0. The van der Waals surface area contributed by atoms with Gasteiger partial charge < -0.3 is 0 Å². The lowest BCUT2D eigenvalue weighted by Gasteiger charge is -2.02. The molecule has 1 radical (unpaired) electrons. The van der Waals surface area contributed by atoms with Crippen LogP contribution in [0.2, 0.25) is 5.02 Å². The average molecular weight is 278 g/mol. The number of benzene rings is 2. The van der Waals surface area contributed by atoms with Gasteiger partial charge in [0.1, 0.15) is 10.8 Å². The molecule has 0 bridgehead atoms. The standard InChI is InChI=1S/C14H7ClFOS/c15-13-12(17)6-5-9-10(7-18-14(9)13)8-3-1-2-4-11(8)16/h1-7H. The van der Waals surface area contributed by atoms with Gasteiger partial charge in [0.05, 0.1) is 4.70 Å². The highest BCUT2D eigenvalue weighted by molar-refractivity contribution is 7.18. The van der Waals surface area contributed by atoms with Crippen LogP contribution in [-0.4, -0.2) is 0 Å². The molecule has 0 saturated heterocycles. The van der Waals surface area contributed by atoms with Gasteiger partial charge in [-0.05, 0) is 23.6 Å². The van der Waals surface area contributed by atoms with Crippen molar-refractivity contribution in [2.45, 2.75) is 0 Å². The van der Waals surface area contributed by atoms with Crippen LogP contribution in [0.15, 0.2) is 41.8 Å². The van der Waals surface area contributed by atoms with Crippen molar-refractivity contribution in [3.8, 4) is 16.9 Å². The molecule has 0 saturated carbocycles. The third-order valence-electron chi connectivity index (χ3n) is 2.81. The quantitative estimate of drug-likeness (QED) is 0.559. The second-order valence-electron chi connectivity index (χ2n) is 3.88. The molecule has 1 heterocycles. The minimum atomic E-state index is -0.278. The van der Waals surface area contributed by atoms with E-state index in [1.807, 2.05) is 5.38 Å². The summed E-state index contributed by atoms with van der Waals surface area (Å²) in [6.07, 6.45) is 0. The van der Waals surface area contributed by atoms with E-state index in [0.29, 0.717) is 10.3 Å². The van der Waals surface area contributed by atoms with E-state index < -0.39 is 0 Å². The molecule has 0 amide bonds. The van der Waals surface area contributed by atoms with Crippen molar-refractivity contribution in [1.29, 1.82) is 0 Å². The molecule has 3 rings (SSSR count). The minimum absolute atomic E-state index is 0.203. The lowest BCUT2D eigenvalue weighted by molar-refractivity contribution is 0.356. The monoisotopic (exact) mass is 277 g/mol. The minimum Gasteiger partial charge on any atom is -0.288 e. The number of halogens is 2. The molecule has 0 N–H and O–H groups in total. The topological polar surface area (TPSA) is 19.9 Å². The molecule has 0 spiro atoms. The summed E-state index contributed by atoms with van der Waals surface area (Å²) in [6, 6.07) is 9.68. The first kappa shape index (κ1) is 11.5. The zero-order chi connectivity index (χ0) is 12.7. The highest BCUT2D eigenvalue weighted by Gasteiger charge is 2.14. The Bertz CT molecular complexity index is 736. The van der Waals surface area contributed by atoms with Gasteiger partial charge in [-0.15, -0.1) is 11.3 Å². The Morgan fingerprint density at radius 3 is 2.61 bits per heavy atom. The number of thiophene rings is 1. The van der Waals surface area contributed by atoms with Crippen LogP contribution >= 0.6 is 22.9 Å². The highest BCUT2D eigenvalue weighted by atomic mass is 35.5. The summed E-state index contributed by atoms with van der Waals surface area (Å²) in [7, 11) is 0. The summed E-state index contributed by atoms with van der Waals surface area (Å²) in [5.41, 5.74) is 1.30. The van der Waals surface area contributed by atoms with Gasteiger partial charge in [0.2, 0.25) is 0 Å². The van der Waals surface area contributed by atoms with Crippen molar-refractivity contribution in [3.05, 3.63) is 52.6 Å². The first-order valence-electron chi connectivity index (χ1n) is 5.30. The van der Waals surface area contributed by atoms with Gasteiger partial charge >= 0.3 is 0 Å². The molecule has 2 aromatic carbocycles. The van der Waals surface area contributed by atoms with E-state index >= 15 is 0 Å². The summed E-state index contributed by atoms with van der Waals surface area (Å²) in [6.45, 7) is 0. The predicted octanol–water partition coefficient (Wildman–Crippen LogP) is 5.50. The van der Waals surface area contributed by atoms with Crippen molar-refractivity contribution < 1.29 is 9.50 Å². The molecular weight excluding hydrogens is 271 g/mol. The van der Waals surface area contributed by atoms with Crippen LogP contribution < -0.4 is 0 Å². The van der Waals surface area contributed by atoms with Crippen LogP contribution in [0.3, 0.4) is 0 Å². The maximum absolute atomic E-state index is 13.8. The van der Waals surface area contributed by atoms with Gasteiger partial charge in [0.15, 0.2) is 5.75 Å². The van der Waals surface area contributed by atoms with Crippen LogP contribution in [-0.2, 0) is 5.11 Å². The number of hydrogen-bond acceptors (Lipinski definition) is 1. The van der Waals surface area contributed by atoms with E-state index in [1.54, 1.807) is 24.3 Å². The second kappa shape index (κ2) is 4.26. The normalized spacial score (nSPS) is 11.0. The fraction of sp³-hybridized carbons (Fsp3) is 0. The molecule has 1 nitrogen and oxygen atoms in total. The smallest absolute Gasteiger partial charge is 0.198 e. The SMILES string of the molecule is [O]c1ccc2c(-c3ccccc3F)csc2c1Cl. The van der Waals surface area contributed by atoms with Gasteiger partial charge in [0.25, 0.3) is 0 Å². The van der Waals surface area contributed by atoms with Gasteiger partial charge in [-0.25, -0.2) is 4.39 Å². The van der Waals surface area contributed by atoms with E-state index in [1.165, 1.54) is 23.5 Å². The Kier molecular flexibility index (Phi) is 2.73. The van der Waals surface area contributed by atoms with E-state index in [-0.39, 0.29) is 16.6 Å². The largest absolute Gasteiger partial charge is 0.288 e. The van der Waals surface area contributed by atoms with E-state index in [9.17, 15) is 9.50 Å². The molecule has 4 heteroatoms. The second-order valence-corrected chi connectivity index (χ2v) is 5.14. The molecule has 0 aliphatic carbocycles. The van der Waals surface area contributed by atoms with Crippen molar-refractivity contribution >= 4 is 33.0 Å². The number of fused-ring (bicyclic) bond motifs is 1. The summed E-state index contributed by atoms with van der Waals surface area (Å²) >= 11 is 7.33. The predicted molar refractivity (Wildman–Crippen MR) is 72.4 cm³/mol. The molecule has 0 atom stereocenters. The van der Waals surface area contributed by atoms with Crippen LogP contribution in [0.1, 0.15) is 0 Å². The summed E-state index contributed by atoms with van der Waals surface area (Å²) in [5, 5.41) is 14.3. The van der Waals surface area contributed by atoms with E-state index in [0.717, 1.165) is 10.9 Å². The first-order valence-corrected chi connectivity index (χ1v) is 6.56. The van der Waals surface area contributed by atoms with Crippen molar-refractivity contribution in [1.82, 2.24) is 0 Å². The molecule has 1 aromatic heterocycles. The van der Waals surface area contributed by atoms with Crippen LogP contribution in [0.25, 0.3) is 21.2 Å². The molecule has 0 aliphatic heterocycles. The van der Waals surface area contributed by atoms with E-state index in [4.69, 9.17) is 11.6 Å².